The quantitative estimate of drug-likeness (QED) is 0.738. The number of nitrogens with one attached hydrogen (secondary N) is 1. The van der Waals surface area contributed by atoms with E-state index in [1.807, 2.05) is 54.6 Å². The molecule has 0 saturated carbocycles. The van der Waals surface area contributed by atoms with Crippen LogP contribution in [0.4, 0.5) is 0 Å². The predicted octanol–water partition coefficient (Wildman–Crippen LogP) is 3.38. The Morgan fingerprint density at radius 3 is 2.70 bits per heavy atom. The maximum absolute atomic E-state index is 11.8. The molecule has 1 N–H and O–H groups in total. The molecule has 0 aliphatic carbocycles. The molecule has 2 aromatic carbocycles. The summed E-state index contributed by atoms with van der Waals surface area (Å²) in [7, 11) is 0. The Morgan fingerprint density at radius 2 is 1.96 bits per heavy atom. The van der Waals surface area contributed by atoms with Crippen LogP contribution < -0.4 is 5.43 Å². The second-order valence-electron chi connectivity index (χ2n) is 5.35. The highest BCUT2D eigenvalue weighted by Gasteiger charge is 2.19. The number of aromatic nitrogens is 1. The van der Waals surface area contributed by atoms with Crippen LogP contribution in [0.15, 0.2) is 63.7 Å². The van der Waals surface area contributed by atoms with E-state index in [1.54, 1.807) is 6.92 Å². The Bertz CT molecular complexity index is 968. The SMILES string of the molecule is CC1=NNC(=O)/C1=C\c1ccc2noc(-c3ccccc3)c2c1. The molecule has 0 radical (unpaired) electrons. The van der Waals surface area contributed by atoms with Crippen LogP contribution in [0.3, 0.4) is 0 Å². The summed E-state index contributed by atoms with van der Waals surface area (Å²) >= 11 is 0. The van der Waals surface area contributed by atoms with E-state index in [-0.39, 0.29) is 5.91 Å². The van der Waals surface area contributed by atoms with Crippen molar-refractivity contribution in [1.82, 2.24) is 10.6 Å². The summed E-state index contributed by atoms with van der Waals surface area (Å²) in [4.78, 5) is 11.8. The molecule has 0 saturated heterocycles. The van der Waals surface area contributed by atoms with Gasteiger partial charge in [0.2, 0.25) is 0 Å². The van der Waals surface area contributed by atoms with E-state index >= 15 is 0 Å². The molecule has 0 atom stereocenters. The lowest BCUT2D eigenvalue weighted by Crippen LogP contribution is -2.12. The Morgan fingerprint density at radius 1 is 1.13 bits per heavy atom. The highest BCUT2D eigenvalue weighted by molar-refractivity contribution is 6.26. The number of amides is 1. The molecule has 1 aliphatic rings. The second kappa shape index (κ2) is 5.21. The van der Waals surface area contributed by atoms with Crippen LogP contribution >= 0.6 is 0 Å². The van der Waals surface area contributed by atoms with Crippen LogP contribution in [0.5, 0.6) is 0 Å². The third-order valence-corrected chi connectivity index (χ3v) is 3.81. The van der Waals surface area contributed by atoms with Crippen molar-refractivity contribution in [3.8, 4) is 11.3 Å². The van der Waals surface area contributed by atoms with Gasteiger partial charge in [-0.1, -0.05) is 41.6 Å². The smallest absolute Gasteiger partial charge is 0.273 e. The highest BCUT2D eigenvalue weighted by Crippen LogP contribution is 2.29. The van der Waals surface area contributed by atoms with Crippen LogP contribution in [0.1, 0.15) is 12.5 Å². The average molecular weight is 303 g/mol. The minimum absolute atomic E-state index is 0.184. The number of rotatable bonds is 2. The van der Waals surface area contributed by atoms with Gasteiger partial charge in [-0.25, -0.2) is 5.43 Å². The van der Waals surface area contributed by atoms with Crippen molar-refractivity contribution < 1.29 is 9.32 Å². The maximum Gasteiger partial charge on any atom is 0.273 e. The summed E-state index contributed by atoms with van der Waals surface area (Å²) < 4.78 is 5.49. The zero-order chi connectivity index (χ0) is 15.8. The topological polar surface area (TPSA) is 67.5 Å². The van der Waals surface area contributed by atoms with E-state index in [0.717, 1.165) is 27.8 Å². The number of nitrogens with zero attached hydrogens (tertiary/aromatic N) is 2. The average Bonchev–Trinajstić information content (AvgIpc) is 3.14. The van der Waals surface area contributed by atoms with Gasteiger partial charge < -0.3 is 4.52 Å². The molecule has 5 heteroatoms. The van der Waals surface area contributed by atoms with Gasteiger partial charge in [-0.05, 0) is 30.7 Å². The first-order valence-corrected chi connectivity index (χ1v) is 7.24. The van der Waals surface area contributed by atoms with Crippen LogP contribution in [0.2, 0.25) is 0 Å². The molecule has 1 aromatic heterocycles. The van der Waals surface area contributed by atoms with E-state index in [9.17, 15) is 4.79 Å². The molecule has 0 unspecified atom stereocenters. The van der Waals surface area contributed by atoms with Gasteiger partial charge in [0.1, 0.15) is 5.52 Å². The standard InChI is InChI=1S/C18H13N3O2/c1-11-14(18(22)20-19-11)9-12-7-8-16-15(10-12)17(23-21-16)13-5-3-2-4-6-13/h2-10H,1H3,(H,20,22)/b14-9-. The van der Waals surface area contributed by atoms with Gasteiger partial charge in [0, 0.05) is 5.56 Å². The molecule has 1 aliphatic heterocycles. The number of carbonyl (C=O) groups is 1. The van der Waals surface area contributed by atoms with Crippen molar-refractivity contribution in [2.75, 3.05) is 0 Å². The summed E-state index contributed by atoms with van der Waals surface area (Å²) in [5, 5.41) is 8.94. The van der Waals surface area contributed by atoms with Crippen LogP contribution in [-0.4, -0.2) is 16.8 Å². The van der Waals surface area contributed by atoms with E-state index < -0.39 is 0 Å². The van der Waals surface area contributed by atoms with Crippen molar-refractivity contribution in [2.45, 2.75) is 6.92 Å². The summed E-state index contributed by atoms with van der Waals surface area (Å²) in [6.07, 6.45) is 1.82. The molecule has 112 valence electrons. The number of hydrazone groups is 1. The van der Waals surface area contributed by atoms with Gasteiger partial charge in [0.05, 0.1) is 16.7 Å². The van der Waals surface area contributed by atoms with Crippen LogP contribution in [-0.2, 0) is 4.79 Å². The lowest BCUT2D eigenvalue weighted by molar-refractivity contribution is -0.116. The van der Waals surface area contributed by atoms with Crippen LogP contribution in [0.25, 0.3) is 28.3 Å². The second-order valence-corrected chi connectivity index (χ2v) is 5.35. The zero-order valence-corrected chi connectivity index (χ0v) is 12.4. The summed E-state index contributed by atoms with van der Waals surface area (Å²) in [6, 6.07) is 15.6. The molecule has 1 amide bonds. The van der Waals surface area contributed by atoms with Crippen molar-refractivity contribution >= 4 is 28.6 Å². The van der Waals surface area contributed by atoms with Gasteiger partial charge in [0.25, 0.3) is 5.91 Å². The Balaban J connectivity index is 1.83. The fourth-order valence-electron chi connectivity index (χ4n) is 2.60. The fourth-order valence-corrected chi connectivity index (χ4v) is 2.60. The number of benzene rings is 2. The molecule has 23 heavy (non-hydrogen) atoms. The first-order valence-electron chi connectivity index (χ1n) is 7.24. The first kappa shape index (κ1) is 13.5. The third-order valence-electron chi connectivity index (χ3n) is 3.81. The largest absolute Gasteiger partial charge is 0.355 e. The zero-order valence-electron chi connectivity index (χ0n) is 12.4. The number of hydrogen-bond donors (Lipinski definition) is 1. The van der Waals surface area contributed by atoms with E-state index in [4.69, 9.17) is 4.52 Å². The minimum atomic E-state index is -0.184. The maximum atomic E-state index is 11.8. The Hall–Kier alpha value is -3.21. The molecule has 4 rings (SSSR count). The third kappa shape index (κ3) is 2.32. The number of carbonyl (C=O) groups excluding carboxylic acids is 1. The van der Waals surface area contributed by atoms with Crippen molar-refractivity contribution in [3.05, 3.63) is 59.7 Å². The molecular weight excluding hydrogens is 290 g/mol. The van der Waals surface area contributed by atoms with Crippen molar-refractivity contribution in [3.63, 3.8) is 0 Å². The normalized spacial score (nSPS) is 16.0. The molecular formula is C18H13N3O2. The number of fused-ring (bicyclic) bond motifs is 1. The van der Waals surface area contributed by atoms with Gasteiger partial charge >= 0.3 is 0 Å². The first-order chi connectivity index (χ1) is 11.2. The summed E-state index contributed by atoms with van der Waals surface area (Å²) in [5.74, 6) is 0.540. The molecule has 0 fully saturated rings. The monoisotopic (exact) mass is 303 g/mol. The minimum Gasteiger partial charge on any atom is -0.355 e. The molecule has 5 nitrogen and oxygen atoms in total. The molecule has 2 heterocycles. The van der Waals surface area contributed by atoms with E-state index in [2.05, 4.69) is 15.7 Å². The summed E-state index contributed by atoms with van der Waals surface area (Å²) in [5.41, 5.74) is 6.37. The van der Waals surface area contributed by atoms with E-state index in [0.29, 0.717) is 11.3 Å². The lowest BCUT2D eigenvalue weighted by atomic mass is 10.0. The highest BCUT2D eigenvalue weighted by atomic mass is 16.5. The molecule has 0 bridgehead atoms. The van der Waals surface area contributed by atoms with Gasteiger partial charge in [-0.15, -0.1) is 0 Å². The van der Waals surface area contributed by atoms with Crippen LogP contribution in [0, 0.1) is 0 Å². The Labute approximate surface area is 132 Å². The summed E-state index contributed by atoms with van der Waals surface area (Å²) in [6.45, 7) is 1.80. The molecule has 3 aromatic rings. The number of hydrogen-bond acceptors (Lipinski definition) is 4. The predicted molar refractivity (Wildman–Crippen MR) is 88.7 cm³/mol. The van der Waals surface area contributed by atoms with Crippen molar-refractivity contribution in [1.29, 1.82) is 0 Å². The molecule has 0 spiro atoms. The fraction of sp³-hybridized carbons (Fsp3) is 0.0556. The van der Waals surface area contributed by atoms with Crippen molar-refractivity contribution in [2.24, 2.45) is 5.10 Å². The lowest BCUT2D eigenvalue weighted by Gasteiger charge is -1.99. The van der Waals surface area contributed by atoms with Gasteiger partial charge in [-0.2, -0.15) is 5.10 Å². The Kier molecular flexibility index (Phi) is 3.05. The van der Waals surface area contributed by atoms with Gasteiger partial charge in [-0.3, -0.25) is 4.79 Å². The van der Waals surface area contributed by atoms with E-state index in [1.165, 1.54) is 0 Å². The van der Waals surface area contributed by atoms with Gasteiger partial charge in [0.15, 0.2) is 5.76 Å².